The third-order valence-corrected chi connectivity index (χ3v) is 12.3. The first-order chi connectivity index (χ1) is 29.8. The molecule has 2 nitrogen and oxygen atoms in total. The van der Waals surface area contributed by atoms with E-state index in [0.29, 0.717) is 0 Å². The first-order valence-electron chi connectivity index (χ1n) is 26.4. The predicted octanol–water partition coefficient (Wildman–Crippen LogP) is 20.1. The number of hydrogen-bond donors (Lipinski definition) is 0. The second-order valence-electron chi connectivity index (χ2n) is 18.0. The van der Waals surface area contributed by atoms with Gasteiger partial charge in [0.25, 0.3) is 0 Å². The first-order valence-corrected chi connectivity index (χ1v) is 26.4. The minimum Gasteiger partial charge on any atom is -0.255 e. The number of rotatable bonds is 42. The maximum atomic E-state index is 5.23. The van der Waals surface area contributed by atoms with Gasteiger partial charge in [-0.3, -0.25) is 9.98 Å². The summed E-state index contributed by atoms with van der Waals surface area (Å²) in [6, 6.07) is 17.5. The first kappa shape index (κ1) is 56.8. The molecule has 0 unspecified atom stereocenters. The van der Waals surface area contributed by atoms with Gasteiger partial charge in [0, 0.05) is 22.7 Å². The summed E-state index contributed by atoms with van der Waals surface area (Å²) in [5.41, 5.74) is 6.00. The van der Waals surface area contributed by atoms with Gasteiger partial charge < -0.3 is 0 Å². The summed E-state index contributed by atoms with van der Waals surface area (Å²) < 4.78 is 0. The summed E-state index contributed by atoms with van der Waals surface area (Å²) in [6.45, 7) is 6.87. The second-order valence-corrected chi connectivity index (χ2v) is 18.0. The number of para-hydroxylation sites is 2. The zero-order chi connectivity index (χ0) is 42.7. The monoisotopic (exact) mass is 879 g/mol. The third-order valence-electron chi connectivity index (χ3n) is 12.3. The molecule has 0 N–H and O–H groups in total. The van der Waals surface area contributed by atoms with E-state index in [9.17, 15) is 0 Å². The fraction of sp³-hybridized carbons (Fsp3) is 0.690. The average molecular weight is 880 g/mol. The van der Waals surface area contributed by atoms with E-state index in [-0.39, 0.29) is 16.5 Å². The molecule has 2 rings (SSSR count). The van der Waals surface area contributed by atoms with Crippen LogP contribution in [0.15, 0.2) is 82.8 Å². The van der Waals surface area contributed by atoms with Crippen LogP contribution < -0.4 is 0 Å². The molecule has 3 heteroatoms. The van der Waals surface area contributed by atoms with Gasteiger partial charge >= 0.3 is 0 Å². The molecule has 0 aliphatic rings. The molecule has 348 valence electrons. The number of benzene rings is 2. The van der Waals surface area contributed by atoms with E-state index in [2.05, 4.69) is 99.8 Å². The van der Waals surface area contributed by atoms with E-state index in [1.54, 1.807) is 0 Å². The van der Waals surface area contributed by atoms with Crippen LogP contribution in [-0.4, -0.2) is 11.9 Å². The van der Waals surface area contributed by atoms with Gasteiger partial charge in [-0.25, -0.2) is 0 Å². The summed E-state index contributed by atoms with van der Waals surface area (Å²) in [7, 11) is 0. The molecule has 0 radical (unpaired) electrons. The van der Waals surface area contributed by atoms with Gasteiger partial charge in [-0.15, -0.1) is 0 Å². The molecule has 0 saturated carbocycles. The van der Waals surface area contributed by atoms with E-state index in [1.165, 1.54) is 204 Å². The van der Waals surface area contributed by atoms with Gasteiger partial charge in [-0.2, -0.15) is 0 Å². The maximum Gasteiger partial charge on any atom is 0.0665 e. The van der Waals surface area contributed by atoms with Crippen molar-refractivity contribution in [3.05, 3.63) is 84.0 Å². The van der Waals surface area contributed by atoms with Crippen molar-refractivity contribution in [1.29, 1.82) is 0 Å². The fourth-order valence-corrected chi connectivity index (χ4v) is 8.34. The Hall–Kier alpha value is -2.25. The van der Waals surface area contributed by atoms with E-state index < -0.39 is 0 Å². The molecule has 2 aromatic carbocycles. The number of allylic oxidation sites excluding steroid dienone is 4. The molecular formula is C58H96N2Ni. The van der Waals surface area contributed by atoms with Crippen LogP contribution in [0.2, 0.25) is 0 Å². The van der Waals surface area contributed by atoms with Crippen LogP contribution in [-0.2, 0) is 29.3 Å². The molecule has 61 heavy (non-hydrogen) atoms. The number of unbranched alkanes of at least 4 members (excludes halogenated alkanes) is 29. The molecule has 0 atom stereocenters. The van der Waals surface area contributed by atoms with Gasteiger partial charge in [0.15, 0.2) is 0 Å². The Labute approximate surface area is 390 Å². The van der Waals surface area contributed by atoms with Crippen LogP contribution in [0.3, 0.4) is 0 Å². The van der Waals surface area contributed by atoms with E-state index >= 15 is 0 Å². The summed E-state index contributed by atoms with van der Waals surface area (Å²) in [6.07, 6.45) is 61.2. The Kier molecular flexibility index (Phi) is 41.3. The number of hydrogen-bond acceptors (Lipinski definition) is 2. The average Bonchev–Trinajstić information content (AvgIpc) is 3.27. The van der Waals surface area contributed by atoms with Crippen molar-refractivity contribution in [3.8, 4) is 0 Å². The molecular weight excluding hydrogens is 783 g/mol. The van der Waals surface area contributed by atoms with Gasteiger partial charge in [-0.05, 0) is 100 Å². The quantitative estimate of drug-likeness (QED) is 0.0275. The summed E-state index contributed by atoms with van der Waals surface area (Å²) >= 11 is 0. The normalized spacial score (nSPS) is 12.1. The fourth-order valence-electron chi connectivity index (χ4n) is 8.34. The molecule has 0 fully saturated rings. The van der Waals surface area contributed by atoms with Crippen molar-refractivity contribution in [1.82, 2.24) is 0 Å². The van der Waals surface area contributed by atoms with Crippen molar-refractivity contribution in [2.45, 2.75) is 258 Å². The van der Waals surface area contributed by atoms with Crippen LogP contribution in [0.5, 0.6) is 0 Å². The number of nitrogens with zero attached hydrogens (tertiary/aromatic N) is 2. The molecule has 0 saturated heterocycles. The van der Waals surface area contributed by atoms with Gasteiger partial charge in [0.2, 0.25) is 0 Å². The standard InChI is InChI=1S/C58H96N2.Ni/c1-4-7-10-12-14-16-18-20-22-24-26-28-30-32-34-36-38-40-46-54-48-42-44-51-57(54)59-53-56(50-9-6-3)60-58-52-45-43-49-55(58)47-41-39-37-35-33-31-29-27-25-23-21-19-17-15-13-11-8-5-2;/h34-37,42-45,48-49,51-53H,4-33,38-41,46-47,50H2,1-3H3;/b36-34+,37-35+,59-53-,60-56+;. The van der Waals surface area contributed by atoms with Crippen molar-refractivity contribution in [3.63, 3.8) is 0 Å². The van der Waals surface area contributed by atoms with Gasteiger partial charge in [-0.1, -0.05) is 242 Å². The Bertz CT molecular complexity index is 1360. The topological polar surface area (TPSA) is 24.7 Å². The van der Waals surface area contributed by atoms with Crippen LogP contribution in [0, 0.1) is 0 Å². The van der Waals surface area contributed by atoms with Crippen molar-refractivity contribution in [2.24, 2.45) is 9.98 Å². The van der Waals surface area contributed by atoms with Crippen LogP contribution in [0.25, 0.3) is 0 Å². The second kappa shape index (κ2) is 44.4. The zero-order valence-electron chi connectivity index (χ0n) is 40.4. The largest absolute Gasteiger partial charge is 0.255 e. The van der Waals surface area contributed by atoms with Crippen LogP contribution in [0.4, 0.5) is 11.4 Å². The number of aliphatic imine (C=N–C) groups is 2. The smallest absolute Gasteiger partial charge is 0.0665 e. The molecule has 0 heterocycles. The minimum absolute atomic E-state index is 0. The van der Waals surface area contributed by atoms with Crippen molar-refractivity contribution >= 4 is 23.3 Å². The summed E-state index contributed by atoms with van der Waals surface area (Å²) in [4.78, 5) is 10.3. The molecule has 0 spiro atoms. The summed E-state index contributed by atoms with van der Waals surface area (Å²) in [5.74, 6) is 0. The van der Waals surface area contributed by atoms with Gasteiger partial charge in [0.1, 0.15) is 0 Å². The minimum atomic E-state index is 0. The van der Waals surface area contributed by atoms with E-state index in [0.717, 1.165) is 62.0 Å². The van der Waals surface area contributed by atoms with Crippen LogP contribution in [0.1, 0.15) is 257 Å². The molecule has 2 aromatic rings. The van der Waals surface area contributed by atoms with Gasteiger partial charge in [0.05, 0.1) is 17.1 Å². The van der Waals surface area contributed by atoms with Crippen molar-refractivity contribution in [2.75, 3.05) is 0 Å². The molecule has 0 aromatic heterocycles. The predicted molar refractivity (Wildman–Crippen MR) is 272 cm³/mol. The van der Waals surface area contributed by atoms with E-state index in [4.69, 9.17) is 9.98 Å². The SMILES string of the molecule is CCCCCCCCCCCCCCC/C=C/CCCc1ccccc1/N=C\C(CCCC)=N\c1ccccc1CCC/C=C/CCCCCCCCCCCCCCC.[Ni]. The Morgan fingerprint density at radius 3 is 1.11 bits per heavy atom. The molecule has 0 bridgehead atoms. The number of aryl methyl sites for hydroxylation is 2. The maximum absolute atomic E-state index is 5.23. The molecule has 0 aliphatic carbocycles. The Balaban J connectivity index is 0.0000186. The Morgan fingerprint density at radius 2 is 0.705 bits per heavy atom. The summed E-state index contributed by atoms with van der Waals surface area (Å²) in [5, 5.41) is 0. The van der Waals surface area contributed by atoms with Crippen LogP contribution >= 0.6 is 0 Å². The zero-order valence-corrected chi connectivity index (χ0v) is 41.4. The molecule has 0 aliphatic heterocycles. The van der Waals surface area contributed by atoms with Crippen molar-refractivity contribution < 1.29 is 16.5 Å². The van der Waals surface area contributed by atoms with E-state index in [1.807, 2.05) is 0 Å². The third kappa shape index (κ3) is 33.9. The molecule has 0 amide bonds. The Morgan fingerprint density at radius 1 is 0.377 bits per heavy atom.